The molecule has 8 heteroatoms. The number of piperidine rings is 1. The molecule has 37 heavy (non-hydrogen) atoms. The number of hydrogen-bond acceptors (Lipinski definition) is 6. The molecule has 0 amide bonds. The maximum atomic E-state index is 6.42. The van der Waals surface area contributed by atoms with Crippen molar-refractivity contribution in [2.45, 2.75) is 77.4 Å². The van der Waals surface area contributed by atoms with Crippen LogP contribution >= 0.6 is 0 Å². The van der Waals surface area contributed by atoms with E-state index in [4.69, 9.17) is 4.74 Å². The zero-order valence-electron chi connectivity index (χ0n) is 22.5. The third-order valence-corrected chi connectivity index (χ3v) is 8.20. The molecule has 0 aliphatic carbocycles. The summed E-state index contributed by atoms with van der Waals surface area (Å²) >= 11 is 0. The average Bonchev–Trinajstić information content (AvgIpc) is 3.62. The van der Waals surface area contributed by atoms with E-state index in [0.717, 1.165) is 83.5 Å². The fourth-order valence-corrected chi connectivity index (χ4v) is 6.04. The van der Waals surface area contributed by atoms with Gasteiger partial charge in [-0.1, -0.05) is 38.1 Å². The number of aromatic nitrogens is 4. The molecule has 0 saturated carbocycles. The minimum atomic E-state index is 0.0621. The van der Waals surface area contributed by atoms with Crippen LogP contribution in [0.1, 0.15) is 62.3 Å². The Labute approximate surface area is 221 Å². The highest BCUT2D eigenvalue weighted by molar-refractivity contribution is 5.23. The molecule has 0 bridgehead atoms. The van der Waals surface area contributed by atoms with E-state index in [1.54, 1.807) is 12.4 Å². The van der Waals surface area contributed by atoms with Crippen molar-refractivity contribution >= 4 is 0 Å². The molecule has 0 unspecified atom stereocenters. The number of hydrogen-bond donors (Lipinski definition) is 2. The Morgan fingerprint density at radius 2 is 1.51 bits per heavy atom. The maximum Gasteiger partial charge on any atom is 0.120 e. The number of benzene rings is 1. The molecule has 200 valence electrons. The monoisotopic (exact) mass is 505 g/mol. The van der Waals surface area contributed by atoms with Crippen molar-refractivity contribution < 1.29 is 4.74 Å². The smallest absolute Gasteiger partial charge is 0.120 e. The molecule has 1 spiro atoms. The summed E-state index contributed by atoms with van der Waals surface area (Å²) in [6, 6.07) is 9.84. The molecule has 2 N–H and O–H groups in total. The summed E-state index contributed by atoms with van der Waals surface area (Å²) in [5, 5.41) is 0. The van der Waals surface area contributed by atoms with E-state index in [9.17, 15) is 0 Å². The average molecular weight is 506 g/mol. The highest BCUT2D eigenvalue weighted by Gasteiger charge is 2.40. The molecule has 2 aliphatic heterocycles. The molecule has 0 radical (unpaired) electrons. The van der Waals surface area contributed by atoms with E-state index >= 15 is 0 Å². The predicted molar refractivity (Wildman–Crippen MR) is 146 cm³/mol. The molecule has 8 nitrogen and oxygen atoms in total. The van der Waals surface area contributed by atoms with Crippen LogP contribution in [0, 0.1) is 0 Å². The third kappa shape index (κ3) is 6.87. The van der Waals surface area contributed by atoms with Gasteiger partial charge in [-0.3, -0.25) is 14.7 Å². The van der Waals surface area contributed by atoms with Crippen LogP contribution in [0.2, 0.25) is 0 Å². The van der Waals surface area contributed by atoms with E-state index in [2.05, 4.69) is 72.7 Å². The highest BCUT2D eigenvalue weighted by atomic mass is 16.5. The molecule has 2 aromatic heterocycles. The Hall–Kier alpha value is -2.52. The standard InChI is InChI=1S/C29H43N7O/c1-3-26(4-2)36-17-18-37-29(23-36)9-15-34(16-10-29)19-24-5-7-25(8-6-24)20-35(21-27-30-11-12-31-27)22-28-32-13-14-33-28/h5-8,11-14,26H,3-4,9-10,15-23H2,1-2H3,(H,30,31)(H,32,33). The Bertz CT molecular complexity index is 1000. The topological polar surface area (TPSA) is 76.3 Å². The zero-order chi connectivity index (χ0) is 25.5. The second-order valence-electron chi connectivity index (χ2n) is 10.8. The molecule has 1 aromatic carbocycles. The van der Waals surface area contributed by atoms with Crippen LogP contribution in [0.15, 0.2) is 49.1 Å². The fourth-order valence-electron chi connectivity index (χ4n) is 6.04. The number of ether oxygens (including phenoxy) is 1. The van der Waals surface area contributed by atoms with Crippen LogP contribution in [0.4, 0.5) is 0 Å². The minimum Gasteiger partial charge on any atom is -0.372 e. The second kappa shape index (κ2) is 12.3. The van der Waals surface area contributed by atoms with Crippen LogP contribution in [0.3, 0.4) is 0 Å². The molecule has 3 aromatic rings. The van der Waals surface area contributed by atoms with Crippen LogP contribution in [-0.2, 0) is 30.9 Å². The predicted octanol–water partition coefficient (Wildman–Crippen LogP) is 4.19. The van der Waals surface area contributed by atoms with Gasteiger partial charge in [0.15, 0.2) is 0 Å². The van der Waals surface area contributed by atoms with Gasteiger partial charge >= 0.3 is 0 Å². The van der Waals surface area contributed by atoms with Gasteiger partial charge in [0.05, 0.1) is 25.3 Å². The van der Waals surface area contributed by atoms with Gasteiger partial charge in [0.25, 0.3) is 0 Å². The molecule has 2 saturated heterocycles. The summed E-state index contributed by atoms with van der Waals surface area (Å²) in [6.45, 7) is 13.3. The molecule has 5 rings (SSSR count). The number of H-pyrrole nitrogens is 2. The Morgan fingerprint density at radius 3 is 2.08 bits per heavy atom. The van der Waals surface area contributed by atoms with E-state index in [0.29, 0.717) is 6.04 Å². The summed E-state index contributed by atoms with van der Waals surface area (Å²) in [5.41, 5.74) is 2.75. The maximum absolute atomic E-state index is 6.42. The summed E-state index contributed by atoms with van der Waals surface area (Å²) in [7, 11) is 0. The lowest BCUT2D eigenvalue weighted by atomic mass is 9.88. The quantitative estimate of drug-likeness (QED) is 0.407. The molecule has 2 fully saturated rings. The van der Waals surface area contributed by atoms with Gasteiger partial charge in [-0.15, -0.1) is 0 Å². The molecule has 0 atom stereocenters. The lowest BCUT2D eigenvalue weighted by Gasteiger charge is -2.49. The summed E-state index contributed by atoms with van der Waals surface area (Å²) in [4.78, 5) is 22.9. The van der Waals surface area contributed by atoms with Crippen molar-refractivity contribution in [1.82, 2.24) is 34.6 Å². The van der Waals surface area contributed by atoms with E-state index < -0.39 is 0 Å². The normalized spacial score (nSPS) is 18.8. The number of nitrogens with zero attached hydrogens (tertiary/aromatic N) is 5. The van der Waals surface area contributed by atoms with Crippen molar-refractivity contribution in [3.8, 4) is 0 Å². The van der Waals surface area contributed by atoms with Gasteiger partial charge in [0, 0.05) is 70.1 Å². The number of nitrogens with one attached hydrogen (secondary N) is 2. The van der Waals surface area contributed by atoms with Crippen molar-refractivity contribution in [2.24, 2.45) is 0 Å². The van der Waals surface area contributed by atoms with Gasteiger partial charge in [-0.05, 0) is 36.8 Å². The summed E-state index contributed by atoms with van der Waals surface area (Å²) < 4.78 is 6.42. The third-order valence-electron chi connectivity index (χ3n) is 8.20. The Kier molecular flexibility index (Phi) is 8.71. The Morgan fingerprint density at radius 1 is 0.892 bits per heavy atom. The number of imidazole rings is 2. The van der Waals surface area contributed by atoms with Crippen molar-refractivity contribution in [1.29, 1.82) is 0 Å². The summed E-state index contributed by atoms with van der Waals surface area (Å²) in [5.74, 6) is 1.94. The van der Waals surface area contributed by atoms with Crippen molar-refractivity contribution in [3.05, 3.63) is 71.8 Å². The number of morpholine rings is 1. The molecule has 2 aliphatic rings. The largest absolute Gasteiger partial charge is 0.372 e. The number of likely N-dealkylation sites (tertiary alicyclic amines) is 1. The van der Waals surface area contributed by atoms with Crippen LogP contribution in [-0.4, -0.2) is 79.1 Å². The highest BCUT2D eigenvalue weighted by Crippen LogP contribution is 2.32. The van der Waals surface area contributed by atoms with Crippen LogP contribution < -0.4 is 0 Å². The van der Waals surface area contributed by atoms with Gasteiger partial charge < -0.3 is 14.7 Å². The Balaban J connectivity index is 1.13. The number of aromatic amines is 2. The lowest BCUT2D eigenvalue weighted by molar-refractivity contribution is -0.144. The van der Waals surface area contributed by atoms with Crippen LogP contribution in [0.5, 0.6) is 0 Å². The minimum absolute atomic E-state index is 0.0621. The number of rotatable bonds is 11. The van der Waals surface area contributed by atoms with Gasteiger partial charge in [-0.25, -0.2) is 9.97 Å². The van der Waals surface area contributed by atoms with Crippen molar-refractivity contribution in [3.63, 3.8) is 0 Å². The van der Waals surface area contributed by atoms with E-state index in [-0.39, 0.29) is 5.60 Å². The van der Waals surface area contributed by atoms with Gasteiger partial charge in [0.2, 0.25) is 0 Å². The fraction of sp³-hybridized carbons (Fsp3) is 0.586. The first-order chi connectivity index (χ1) is 18.1. The van der Waals surface area contributed by atoms with Gasteiger partial charge in [-0.2, -0.15) is 0 Å². The first-order valence-electron chi connectivity index (χ1n) is 14.0. The second-order valence-corrected chi connectivity index (χ2v) is 10.8. The van der Waals surface area contributed by atoms with Crippen LogP contribution in [0.25, 0.3) is 0 Å². The zero-order valence-corrected chi connectivity index (χ0v) is 22.5. The van der Waals surface area contributed by atoms with E-state index in [1.807, 2.05) is 12.4 Å². The summed E-state index contributed by atoms with van der Waals surface area (Å²) in [6.07, 6.45) is 12.1. The van der Waals surface area contributed by atoms with E-state index in [1.165, 1.54) is 24.0 Å². The first-order valence-corrected chi connectivity index (χ1v) is 14.0. The SMILES string of the molecule is CCC(CC)N1CCOC2(CCN(Cc3ccc(CN(Cc4ncc[nH]4)Cc4ncc[nH]4)cc3)CC2)C1. The lowest BCUT2D eigenvalue weighted by Crippen LogP contribution is -2.58. The van der Waals surface area contributed by atoms with Gasteiger partial charge in [0.1, 0.15) is 11.6 Å². The molecular formula is C29H43N7O. The molecule has 4 heterocycles. The first kappa shape index (κ1) is 26.1. The van der Waals surface area contributed by atoms with Crippen molar-refractivity contribution in [2.75, 3.05) is 32.8 Å². The molecular weight excluding hydrogens is 462 g/mol.